The lowest BCUT2D eigenvalue weighted by Gasteiger charge is -2.15. The van der Waals surface area contributed by atoms with Crippen molar-refractivity contribution in [3.05, 3.63) is 71.8 Å². The fourth-order valence-electron chi connectivity index (χ4n) is 2.71. The van der Waals surface area contributed by atoms with Gasteiger partial charge in [0.05, 0.1) is 18.7 Å². The first-order chi connectivity index (χ1) is 13.1. The highest BCUT2D eigenvalue weighted by Gasteiger charge is 2.14. The Kier molecular flexibility index (Phi) is 5.58. The number of carbonyl (C=O) groups excluding carboxylic acids is 1. The van der Waals surface area contributed by atoms with Gasteiger partial charge in [0.15, 0.2) is 6.10 Å². The highest BCUT2D eigenvalue weighted by atomic mass is 16.5. The smallest absolute Gasteiger partial charge is 0.261 e. The van der Waals surface area contributed by atoms with Gasteiger partial charge < -0.3 is 14.8 Å². The van der Waals surface area contributed by atoms with Crippen molar-refractivity contribution in [3.8, 4) is 17.6 Å². The lowest BCUT2D eigenvalue weighted by atomic mass is 10.1. The van der Waals surface area contributed by atoms with Crippen molar-refractivity contribution >= 4 is 16.7 Å². The standard InChI is InChI=1S/C22H20N2O3/c1-15(27-20-8-4-16(13-23)5-9-20)22(25)24-14-17-3-6-19-12-21(26-2)10-7-18(19)11-17/h3-12,15H,14H2,1-2H3,(H,24,25)/t15-/m0/s1. The maximum absolute atomic E-state index is 12.3. The summed E-state index contributed by atoms with van der Waals surface area (Å²) >= 11 is 0. The van der Waals surface area contributed by atoms with E-state index in [1.807, 2.05) is 42.5 Å². The van der Waals surface area contributed by atoms with Crippen LogP contribution in [0.15, 0.2) is 60.7 Å². The van der Waals surface area contributed by atoms with Crippen LogP contribution in [0.2, 0.25) is 0 Å². The molecule has 3 aromatic carbocycles. The molecule has 0 bridgehead atoms. The number of nitrogens with one attached hydrogen (secondary N) is 1. The van der Waals surface area contributed by atoms with E-state index in [-0.39, 0.29) is 5.91 Å². The molecule has 0 spiro atoms. The number of methoxy groups -OCH3 is 1. The van der Waals surface area contributed by atoms with Crippen molar-refractivity contribution < 1.29 is 14.3 Å². The summed E-state index contributed by atoms with van der Waals surface area (Å²) in [5.74, 6) is 1.17. The predicted molar refractivity (Wildman–Crippen MR) is 104 cm³/mol. The zero-order chi connectivity index (χ0) is 19.2. The number of benzene rings is 3. The van der Waals surface area contributed by atoms with Crippen molar-refractivity contribution in [1.82, 2.24) is 5.32 Å². The maximum atomic E-state index is 12.3. The van der Waals surface area contributed by atoms with Crippen molar-refractivity contribution in [1.29, 1.82) is 5.26 Å². The number of nitriles is 1. The lowest BCUT2D eigenvalue weighted by molar-refractivity contribution is -0.127. The molecule has 0 aliphatic carbocycles. The van der Waals surface area contributed by atoms with Crippen LogP contribution >= 0.6 is 0 Å². The van der Waals surface area contributed by atoms with E-state index in [0.29, 0.717) is 17.9 Å². The van der Waals surface area contributed by atoms with Gasteiger partial charge in [0, 0.05) is 6.54 Å². The zero-order valence-corrected chi connectivity index (χ0v) is 15.2. The fourth-order valence-corrected chi connectivity index (χ4v) is 2.71. The third-order valence-electron chi connectivity index (χ3n) is 4.24. The Morgan fingerprint density at radius 1 is 1.04 bits per heavy atom. The van der Waals surface area contributed by atoms with E-state index in [0.717, 1.165) is 22.1 Å². The van der Waals surface area contributed by atoms with E-state index in [4.69, 9.17) is 14.7 Å². The van der Waals surface area contributed by atoms with Crippen molar-refractivity contribution in [2.24, 2.45) is 0 Å². The Hall–Kier alpha value is -3.52. The monoisotopic (exact) mass is 360 g/mol. The molecule has 0 radical (unpaired) electrons. The van der Waals surface area contributed by atoms with Crippen molar-refractivity contribution in [2.75, 3.05) is 7.11 Å². The average molecular weight is 360 g/mol. The summed E-state index contributed by atoms with van der Waals surface area (Å²) in [5.41, 5.74) is 1.56. The predicted octanol–water partition coefficient (Wildman–Crippen LogP) is 3.80. The van der Waals surface area contributed by atoms with Crippen LogP contribution in [0.25, 0.3) is 10.8 Å². The molecule has 1 atom stereocenters. The highest BCUT2D eigenvalue weighted by molar-refractivity contribution is 5.85. The molecule has 0 fully saturated rings. The lowest BCUT2D eigenvalue weighted by Crippen LogP contribution is -2.35. The SMILES string of the molecule is COc1ccc2cc(CNC(=O)[C@H](C)Oc3ccc(C#N)cc3)ccc2c1. The molecule has 0 heterocycles. The average Bonchev–Trinajstić information content (AvgIpc) is 2.71. The van der Waals surface area contributed by atoms with E-state index >= 15 is 0 Å². The molecule has 0 saturated heterocycles. The number of hydrogen-bond acceptors (Lipinski definition) is 4. The molecule has 0 aliphatic heterocycles. The number of nitrogens with zero attached hydrogens (tertiary/aromatic N) is 1. The molecular formula is C22H20N2O3. The van der Waals surface area contributed by atoms with Gasteiger partial charge in [0.25, 0.3) is 5.91 Å². The molecular weight excluding hydrogens is 340 g/mol. The minimum Gasteiger partial charge on any atom is -0.497 e. The summed E-state index contributed by atoms with van der Waals surface area (Å²) in [7, 11) is 1.65. The van der Waals surface area contributed by atoms with Gasteiger partial charge in [-0.05, 0) is 65.7 Å². The van der Waals surface area contributed by atoms with Crippen LogP contribution < -0.4 is 14.8 Å². The second-order valence-corrected chi connectivity index (χ2v) is 6.16. The summed E-state index contributed by atoms with van der Waals surface area (Å²) in [6.07, 6.45) is -0.636. The molecule has 0 aromatic heterocycles. The minimum atomic E-state index is -0.636. The minimum absolute atomic E-state index is 0.200. The molecule has 5 nitrogen and oxygen atoms in total. The maximum Gasteiger partial charge on any atom is 0.261 e. The molecule has 3 rings (SSSR count). The number of ether oxygens (including phenoxy) is 2. The van der Waals surface area contributed by atoms with Gasteiger partial charge in [-0.2, -0.15) is 5.26 Å². The van der Waals surface area contributed by atoms with Gasteiger partial charge in [-0.1, -0.05) is 18.2 Å². The van der Waals surface area contributed by atoms with E-state index < -0.39 is 6.10 Å². The molecule has 1 N–H and O–H groups in total. The Morgan fingerprint density at radius 3 is 2.41 bits per heavy atom. The first-order valence-electron chi connectivity index (χ1n) is 8.60. The molecule has 136 valence electrons. The van der Waals surface area contributed by atoms with E-state index in [1.165, 1.54) is 0 Å². The van der Waals surface area contributed by atoms with Crippen LogP contribution in [0, 0.1) is 11.3 Å². The van der Waals surface area contributed by atoms with Crippen LogP contribution in [0.3, 0.4) is 0 Å². The highest BCUT2D eigenvalue weighted by Crippen LogP contribution is 2.22. The third-order valence-corrected chi connectivity index (χ3v) is 4.24. The molecule has 3 aromatic rings. The molecule has 27 heavy (non-hydrogen) atoms. The Bertz CT molecular complexity index is 991. The Balaban J connectivity index is 1.59. The Labute approximate surface area is 158 Å². The van der Waals surface area contributed by atoms with Crippen LogP contribution in [0.4, 0.5) is 0 Å². The molecule has 0 unspecified atom stereocenters. The second-order valence-electron chi connectivity index (χ2n) is 6.16. The summed E-state index contributed by atoms with van der Waals surface area (Å²) in [4.78, 5) is 12.3. The van der Waals surface area contributed by atoms with Gasteiger partial charge in [-0.15, -0.1) is 0 Å². The van der Waals surface area contributed by atoms with Gasteiger partial charge in [-0.25, -0.2) is 0 Å². The quantitative estimate of drug-likeness (QED) is 0.726. The van der Waals surface area contributed by atoms with Gasteiger partial charge in [0.2, 0.25) is 0 Å². The number of amides is 1. The third kappa shape index (κ3) is 4.56. The normalized spacial score (nSPS) is 11.4. The van der Waals surface area contributed by atoms with Gasteiger partial charge >= 0.3 is 0 Å². The van der Waals surface area contributed by atoms with Crippen molar-refractivity contribution in [3.63, 3.8) is 0 Å². The summed E-state index contributed by atoms with van der Waals surface area (Å²) in [6.45, 7) is 2.11. The van der Waals surface area contributed by atoms with Crippen LogP contribution in [-0.2, 0) is 11.3 Å². The first-order valence-corrected chi connectivity index (χ1v) is 8.60. The zero-order valence-electron chi connectivity index (χ0n) is 15.2. The molecule has 1 amide bonds. The van der Waals surface area contributed by atoms with Crippen LogP contribution in [0.1, 0.15) is 18.1 Å². The van der Waals surface area contributed by atoms with E-state index in [2.05, 4.69) is 5.32 Å². The Morgan fingerprint density at radius 2 is 1.70 bits per heavy atom. The molecule has 0 aliphatic rings. The summed E-state index contributed by atoms with van der Waals surface area (Å²) in [5, 5.41) is 13.9. The molecule has 0 saturated carbocycles. The molecule has 5 heteroatoms. The first kappa shape index (κ1) is 18.3. The topological polar surface area (TPSA) is 71.3 Å². The number of carbonyl (C=O) groups is 1. The number of hydrogen-bond donors (Lipinski definition) is 1. The summed E-state index contributed by atoms with van der Waals surface area (Å²) < 4.78 is 10.9. The van der Waals surface area contributed by atoms with Crippen LogP contribution in [-0.4, -0.2) is 19.1 Å². The van der Waals surface area contributed by atoms with Crippen LogP contribution in [0.5, 0.6) is 11.5 Å². The summed E-state index contributed by atoms with van der Waals surface area (Å²) in [6, 6.07) is 20.6. The van der Waals surface area contributed by atoms with Crippen molar-refractivity contribution in [2.45, 2.75) is 19.6 Å². The van der Waals surface area contributed by atoms with Gasteiger partial charge in [0.1, 0.15) is 11.5 Å². The second kappa shape index (κ2) is 8.24. The largest absolute Gasteiger partial charge is 0.497 e. The van der Waals surface area contributed by atoms with E-state index in [1.54, 1.807) is 38.3 Å². The number of fused-ring (bicyclic) bond motifs is 1. The fraction of sp³-hybridized carbons (Fsp3) is 0.182. The van der Waals surface area contributed by atoms with Gasteiger partial charge in [-0.3, -0.25) is 4.79 Å². The van der Waals surface area contributed by atoms with E-state index in [9.17, 15) is 4.79 Å². The number of rotatable bonds is 6.